The number of nitrogens with zero attached hydrogens (tertiary/aromatic N) is 3. The smallest absolute Gasteiger partial charge is 0.354 e. The molecule has 1 aromatic rings. The highest BCUT2D eigenvalue weighted by atomic mass is 19.4. The molecule has 100 valence electrons. The van der Waals surface area contributed by atoms with Gasteiger partial charge in [0.2, 0.25) is 0 Å². The van der Waals surface area contributed by atoms with E-state index in [1.807, 2.05) is 11.9 Å². The summed E-state index contributed by atoms with van der Waals surface area (Å²) in [4.78, 5) is 8.16. The van der Waals surface area contributed by atoms with Gasteiger partial charge in [-0.3, -0.25) is 0 Å². The van der Waals surface area contributed by atoms with Crippen molar-refractivity contribution in [3.63, 3.8) is 0 Å². The van der Waals surface area contributed by atoms with Crippen LogP contribution < -0.4 is 4.90 Å². The van der Waals surface area contributed by atoms with Crippen molar-refractivity contribution in [2.24, 2.45) is 0 Å². The van der Waals surface area contributed by atoms with Gasteiger partial charge in [-0.1, -0.05) is 0 Å². The highest BCUT2D eigenvalue weighted by molar-refractivity contribution is 5.40. The Balaban J connectivity index is 2.11. The predicted molar refractivity (Wildman–Crippen MR) is 63.5 cm³/mol. The highest BCUT2D eigenvalue weighted by Crippen LogP contribution is 2.29. The maximum atomic E-state index is 12.4. The molecule has 0 N–H and O–H groups in total. The third-order valence-electron chi connectivity index (χ3n) is 3.36. The number of rotatable bonds is 1. The fourth-order valence-electron chi connectivity index (χ4n) is 2.00. The Bertz CT molecular complexity index is 402. The summed E-state index contributed by atoms with van der Waals surface area (Å²) in [7, 11) is 2.04. The summed E-state index contributed by atoms with van der Waals surface area (Å²) in [5, 5.41) is 0. The third-order valence-corrected chi connectivity index (χ3v) is 3.36. The number of alkyl halides is 3. The molecule has 0 spiro atoms. The monoisotopic (exact) mass is 259 g/mol. The van der Waals surface area contributed by atoms with Crippen LogP contribution in [0.2, 0.25) is 0 Å². The zero-order valence-electron chi connectivity index (χ0n) is 10.4. The molecule has 18 heavy (non-hydrogen) atoms. The zero-order valence-corrected chi connectivity index (χ0v) is 10.4. The van der Waals surface area contributed by atoms with Gasteiger partial charge in [-0.15, -0.1) is 0 Å². The fraction of sp³-hybridized carbons (Fsp3) is 0.583. The Morgan fingerprint density at radius 2 is 2.00 bits per heavy atom. The maximum Gasteiger partial charge on any atom is 0.417 e. The molecule has 0 amide bonds. The molecule has 1 aliphatic rings. The van der Waals surface area contributed by atoms with Crippen LogP contribution in [-0.2, 0) is 6.18 Å². The summed E-state index contributed by atoms with van der Waals surface area (Å²) in [6, 6.07) is 2.91. The first-order valence-corrected chi connectivity index (χ1v) is 5.86. The minimum Gasteiger partial charge on any atom is -0.354 e. The van der Waals surface area contributed by atoms with E-state index in [2.05, 4.69) is 16.8 Å². The van der Waals surface area contributed by atoms with Crippen LogP contribution >= 0.6 is 0 Å². The number of pyridine rings is 1. The van der Waals surface area contributed by atoms with Crippen molar-refractivity contribution in [1.82, 2.24) is 9.88 Å². The van der Waals surface area contributed by atoms with E-state index in [9.17, 15) is 13.2 Å². The topological polar surface area (TPSA) is 19.4 Å². The van der Waals surface area contributed by atoms with Crippen LogP contribution in [0.15, 0.2) is 18.3 Å². The van der Waals surface area contributed by atoms with Gasteiger partial charge >= 0.3 is 6.18 Å². The van der Waals surface area contributed by atoms with Crippen LogP contribution in [0, 0.1) is 0 Å². The summed E-state index contributed by atoms with van der Waals surface area (Å²) >= 11 is 0. The molecule has 1 aromatic heterocycles. The van der Waals surface area contributed by atoms with Gasteiger partial charge in [0.1, 0.15) is 5.82 Å². The van der Waals surface area contributed by atoms with Crippen molar-refractivity contribution in [2.45, 2.75) is 19.1 Å². The number of halogens is 3. The summed E-state index contributed by atoms with van der Waals surface area (Å²) < 4.78 is 37.2. The fourth-order valence-corrected chi connectivity index (χ4v) is 2.00. The van der Waals surface area contributed by atoms with Gasteiger partial charge < -0.3 is 9.80 Å². The van der Waals surface area contributed by atoms with E-state index >= 15 is 0 Å². The molecule has 1 saturated heterocycles. The molecule has 1 aliphatic heterocycles. The van der Waals surface area contributed by atoms with Crippen molar-refractivity contribution < 1.29 is 13.2 Å². The minimum absolute atomic E-state index is 0.378. The van der Waals surface area contributed by atoms with E-state index in [0.29, 0.717) is 11.9 Å². The van der Waals surface area contributed by atoms with Gasteiger partial charge in [0, 0.05) is 31.9 Å². The molecule has 6 heteroatoms. The second-order valence-corrected chi connectivity index (χ2v) is 4.68. The summed E-state index contributed by atoms with van der Waals surface area (Å²) in [5.74, 6) is 0.614. The summed E-state index contributed by atoms with van der Waals surface area (Å²) in [5.41, 5.74) is -0.701. The Labute approximate surface area is 104 Å². The maximum absolute atomic E-state index is 12.4. The molecule has 0 aliphatic carbocycles. The van der Waals surface area contributed by atoms with Crippen molar-refractivity contribution in [2.75, 3.05) is 31.6 Å². The van der Waals surface area contributed by atoms with Crippen LogP contribution in [0.5, 0.6) is 0 Å². The molecule has 0 radical (unpaired) electrons. The summed E-state index contributed by atoms with van der Waals surface area (Å²) in [6.45, 7) is 4.56. The normalized spacial score (nSPS) is 22.3. The van der Waals surface area contributed by atoms with E-state index in [0.717, 1.165) is 31.9 Å². The van der Waals surface area contributed by atoms with Crippen LogP contribution in [-0.4, -0.2) is 42.6 Å². The number of hydrogen-bond donors (Lipinski definition) is 0. The lowest BCUT2D eigenvalue weighted by atomic mass is 10.2. The molecular formula is C12H16F3N3. The van der Waals surface area contributed by atoms with E-state index in [-0.39, 0.29) is 0 Å². The van der Waals surface area contributed by atoms with Gasteiger partial charge in [0.15, 0.2) is 0 Å². The van der Waals surface area contributed by atoms with Gasteiger partial charge in [0.25, 0.3) is 0 Å². The van der Waals surface area contributed by atoms with Gasteiger partial charge in [-0.2, -0.15) is 13.2 Å². The molecule has 0 bridgehead atoms. The molecule has 0 unspecified atom stereocenters. The molecule has 2 rings (SSSR count). The van der Waals surface area contributed by atoms with Gasteiger partial charge in [-0.05, 0) is 26.1 Å². The van der Waals surface area contributed by atoms with E-state index in [1.165, 1.54) is 6.07 Å². The molecule has 0 aromatic carbocycles. The molecule has 0 saturated carbocycles. The Hall–Kier alpha value is -1.30. The Morgan fingerprint density at radius 3 is 2.50 bits per heavy atom. The average molecular weight is 259 g/mol. The number of piperazine rings is 1. The zero-order chi connectivity index (χ0) is 13.3. The van der Waals surface area contributed by atoms with Crippen molar-refractivity contribution in [3.05, 3.63) is 23.9 Å². The standard InChI is InChI=1S/C12H16F3N3/c1-9-8-18(6-5-17(9)2)11-4-3-10(7-16-11)12(13,14)15/h3-4,7,9H,5-6,8H2,1-2H3/t9-/m1/s1. The Morgan fingerprint density at radius 1 is 1.28 bits per heavy atom. The van der Waals surface area contributed by atoms with Crippen molar-refractivity contribution >= 4 is 5.82 Å². The van der Waals surface area contributed by atoms with Crippen LogP contribution in [0.4, 0.5) is 19.0 Å². The van der Waals surface area contributed by atoms with Gasteiger partial charge in [0.05, 0.1) is 5.56 Å². The van der Waals surface area contributed by atoms with Crippen LogP contribution in [0.3, 0.4) is 0 Å². The van der Waals surface area contributed by atoms with Crippen LogP contribution in [0.1, 0.15) is 12.5 Å². The lowest BCUT2D eigenvalue weighted by Gasteiger charge is -2.38. The quantitative estimate of drug-likeness (QED) is 0.771. The van der Waals surface area contributed by atoms with Gasteiger partial charge in [-0.25, -0.2) is 4.98 Å². The predicted octanol–water partition coefficient (Wildman–Crippen LogP) is 2.24. The van der Waals surface area contributed by atoms with Crippen molar-refractivity contribution in [1.29, 1.82) is 0 Å². The first kappa shape index (κ1) is 13.1. The second kappa shape index (κ2) is 4.76. The number of anilines is 1. The highest BCUT2D eigenvalue weighted by Gasteiger charge is 2.31. The second-order valence-electron chi connectivity index (χ2n) is 4.68. The lowest BCUT2D eigenvalue weighted by molar-refractivity contribution is -0.137. The number of aromatic nitrogens is 1. The molecular weight excluding hydrogens is 243 g/mol. The first-order chi connectivity index (χ1) is 8.38. The largest absolute Gasteiger partial charge is 0.417 e. The SMILES string of the molecule is C[C@@H]1CN(c2ccc(C(F)(F)F)cn2)CCN1C. The average Bonchev–Trinajstić information content (AvgIpc) is 2.32. The van der Waals surface area contributed by atoms with E-state index in [1.54, 1.807) is 0 Å². The third kappa shape index (κ3) is 2.75. The Kier molecular flexibility index (Phi) is 3.47. The molecule has 1 atom stereocenters. The molecule has 3 nitrogen and oxygen atoms in total. The molecule has 2 heterocycles. The van der Waals surface area contributed by atoms with E-state index < -0.39 is 11.7 Å². The first-order valence-electron chi connectivity index (χ1n) is 5.86. The van der Waals surface area contributed by atoms with Crippen LogP contribution in [0.25, 0.3) is 0 Å². The number of hydrogen-bond acceptors (Lipinski definition) is 3. The number of likely N-dealkylation sites (N-methyl/N-ethyl adjacent to an activating group) is 1. The lowest BCUT2D eigenvalue weighted by Crippen LogP contribution is -2.50. The molecule has 1 fully saturated rings. The van der Waals surface area contributed by atoms with Crippen molar-refractivity contribution in [3.8, 4) is 0 Å². The summed E-state index contributed by atoms with van der Waals surface area (Å²) in [6.07, 6.45) is -3.42. The minimum atomic E-state index is -4.32. The van der Waals surface area contributed by atoms with E-state index in [4.69, 9.17) is 0 Å².